The summed E-state index contributed by atoms with van der Waals surface area (Å²) >= 11 is 1.78. The van der Waals surface area contributed by atoms with Crippen molar-refractivity contribution < 1.29 is 5.11 Å². The van der Waals surface area contributed by atoms with E-state index in [1.807, 2.05) is 6.07 Å². The van der Waals surface area contributed by atoms with Crippen molar-refractivity contribution >= 4 is 23.1 Å². The number of benzene rings is 2. The van der Waals surface area contributed by atoms with Crippen molar-refractivity contribution in [3.63, 3.8) is 0 Å². The lowest BCUT2D eigenvalue weighted by Crippen LogP contribution is -2.00. The summed E-state index contributed by atoms with van der Waals surface area (Å²) in [5, 5.41) is 12.4. The Bertz CT molecular complexity index is 554. The summed E-state index contributed by atoms with van der Waals surface area (Å²) in [6.07, 6.45) is 0.718. The SMILES string of the molecule is OCCc1ccc2c(c1)Sc1ccccc1N2. The Kier molecular flexibility index (Phi) is 2.79. The molecule has 1 heterocycles. The molecule has 0 aliphatic carbocycles. The minimum absolute atomic E-state index is 0.202. The van der Waals surface area contributed by atoms with E-state index in [1.165, 1.54) is 21.0 Å². The smallest absolute Gasteiger partial charge is 0.0526 e. The van der Waals surface area contributed by atoms with Gasteiger partial charge < -0.3 is 10.4 Å². The molecule has 2 N–H and O–H groups in total. The molecule has 17 heavy (non-hydrogen) atoms. The molecule has 2 aromatic rings. The maximum Gasteiger partial charge on any atom is 0.0526 e. The highest BCUT2D eigenvalue weighted by atomic mass is 32.2. The summed E-state index contributed by atoms with van der Waals surface area (Å²) < 4.78 is 0. The van der Waals surface area contributed by atoms with Crippen molar-refractivity contribution in [2.45, 2.75) is 16.2 Å². The summed E-state index contributed by atoms with van der Waals surface area (Å²) in [7, 11) is 0. The normalized spacial score (nSPS) is 12.5. The zero-order chi connectivity index (χ0) is 11.7. The second-order valence-electron chi connectivity index (χ2n) is 4.03. The van der Waals surface area contributed by atoms with Crippen LogP contribution < -0.4 is 5.32 Å². The lowest BCUT2D eigenvalue weighted by molar-refractivity contribution is 0.299. The maximum absolute atomic E-state index is 8.96. The average Bonchev–Trinajstić information content (AvgIpc) is 2.36. The summed E-state index contributed by atoms with van der Waals surface area (Å²) in [5.74, 6) is 0. The lowest BCUT2D eigenvalue weighted by atomic mass is 10.1. The molecule has 0 spiro atoms. The Hall–Kier alpha value is -1.45. The van der Waals surface area contributed by atoms with Crippen molar-refractivity contribution in [1.82, 2.24) is 0 Å². The second-order valence-corrected chi connectivity index (χ2v) is 5.11. The van der Waals surface area contributed by atoms with Gasteiger partial charge in [0, 0.05) is 16.4 Å². The van der Waals surface area contributed by atoms with E-state index in [-0.39, 0.29) is 6.61 Å². The number of hydrogen-bond acceptors (Lipinski definition) is 3. The Balaban J connectivity index is 1.97. The molecule has 0 aromatic heterocycles. The van der Waals surface area contributed by atoms with Crippen LogP contribution in [-0.4, -0.2) is 11.7 Å². The standard InChI is InChI=1S/C14H13NOS/c16-8-7-10-5-6-12-14(9-10)17-13-4-2-1-3-11(13)15-12/h1-6,9,15-16H,7-8H2. The van der Waals surface area contributed by atoms with E-state index in [1.54, 1.807) is 11.8 Å². The highest BCUT2D eigenvalue weighted by molar-refractivity contribution is 7.99. The number of hydrogen-bond donors (Lipinski definition) is 2. The van der Waals surface area contributed by atoms with Gasteiger partial charge in [0.05, 0.1) is 11.4 Å². The van der Waals surface area contributed by atoms with Crippen molar-refractivity contribution in [2.24, 2.45) is 0 Å². The number of para-hydroxylation sites is 1. The molecule has 0 fully saturated rings. The first kappa shape index (κ1) is 10.7. The number of aliphatic hydroxyl groups excluding tert-OH is 1. The topological polar surface area (TPSA) is 32.3 Å². The van der Waals surface area contributed by atoms with Gasteiger partial charge in [0.25, 0.3) is 0 Å². The van der Waals surface area contributed by atoms with Crippen LogP contribution >= 0.6 is 11.8 Å². The molecular weight excluding hydrogens is 230 g/mol. The van der Waals surface area contributed by atoms with Gasteiger partial charge in [0.1, 0.15) is 0 Å². The molecule has 0 radical (unpaired) electrons. The highest BCUT2D eigenvalue weighted by Crippen LogP contribution is 2.44. The Morgan fingerprint density at radius 3 is 2.71 bits per heavy atom. The summed E-state index contributed by atoms with van der Waals surface area (Å²) in [6, 6.07) is 14.6. The number of fused-ring (bicyclic) bond motifs is 2. The van der Waals surface area contributed by atoms with E-state index in [2.05, 4.69) is 41.7 Å². The van der Waals surface area contributed by atoms with Crippen molar-refractivity contribution in [3.8, 4) is 0 Å². The number of rotatable bonds is 2. The van der Waals surface area contributed by atoms with E-state index in [9.17, 15) is 0 Å². The fraction of sp³-hybridized carbons (Fsp3) is 0.143. The van der Waals surface area contributed by atoms with E-state index in [0.717, 1.165) is 12.1 Å². The predicted octanol–water partition coefficient (Wildman–Crippen LogP) is 3.43. The fourth-order valence-corrected chi connectivity index (χ4v) is 3.01. The fourth-order valence-electron chi connectivity index (χ4n) is 1.96. The van der Waals surface area contributed by atoms with Crippen LogP contribution in [0.15, 0.2) is 52.3 Å². The molecule has 3 rings (SSSR count). The Labute approximate surface area is 105 Å². The van der Waals surface area contributed by atoms with Crippen molar-refractivity contribution in [2.75, 3.05) is 11.9 Å². The molecule has 2 aromatic carbocycles. The van der Waals surface area contributed by atoms with Gasteiger partial charge in [-0.2, -0.15) is 0 Å². The molecule has 3 heteroatoms. The van der Waals surface area contributed by atoms with Gasteiger partial charge in [0.15, 0.2) is 0 Å². The quantitative estimate of drug-likeness (QED) is 0.723. The third kappa shape index (κ3) is 2.04. The van der Waals surface area contributed by atoms with Gasteiger partial charge in [-0.15, -0.1) is 0 Å². The molecule has 0 atom stereocenters. The van der Waals surface area contributed by atoms with Gasteiger partial charge in [-0.3, -0.25) is 0 Å². The van der Waals surface area contributed by atoms with Crippen LogP contribution in [0.4, 0.5) is 11.4 Å². The number of aliphatic hydroxyl groups is 1. The van der Waals surface area contributed by atoms with E-state index >= 15 is 0 Å². The van der Waals surface area contributed by atoms with E-state index in [0.29, 0.717) is 0 Å². The second kappa shape index (κ2) is 4.43. The Morgan fingerprint density at radius 2 is 1.82 bits per heavy atom. The molecular formula is C14H13NOS. The zero-order valence-electron chi connectivity index (χ0n) is 9.31. The molecule has 1 aliphatic heterocycles. The van der Waals surface area contributed by atoms with Gasteiger partial charge >= 0.3 is 0 Å². The Morgan fingerprint density at radius 1 is 1.00 bits per heavy atom. The molecule has 0 saturated carbocycles. The molecule has 1 aliphatic rings. The minimum atomic E-state index is 0.202. The minimum Gasteiger partial charge on any atom is -0.396 e. The van der Waals surface area contributed by atoms with Crippen LogP contribution in [0.5, 0.6) is 0 Å². The molecule has 0 saturated heterocycles. The first-order valence-electron chi connectivity index (χ1n) is 5.64. The van der Waals surface area contributed by atoms with Crippen molar-refractivity contribution in [1.29, 1.82) is 0 Å². The number of nitrogens with one attached hydrogen (secondary N) is 1. The third-order valence-electron chi connectivity index (χ3n) is 2.82. The van der Waals surface area contributed by atoms with Gasteiger partial charge in [0.2, 0.25) is 0 Å². The molecule has 0 amide bonds. The molecule has 0 unspecified atom stereocenters. The van der Waals surface area contributed by atoms with Crippen LogP contribution in [0.2, 0.25) is 0 Å². The first-order chi connectivity index (χ1) is 8.36. The monoisotopic (exact) mass is 243 g/mol. The lowest BCUT2D eigenvalue weighted by Gasteiger charge is -2.21. The van der Waals surface area contributed by atoms with Gasteiger partial charge in [-0.1, -0.05) is 30.0 Å². The number of anilines is 2. The van der Waals surface area contributed by atoms with Crippen molar-refractivity contribution in [3.05, 3.63) is 48.0 Å². The third-order valence-corrected chi connectivity index (χ3v) is 3.96. The molecule has 0 bridgehead atoms. The van der Waals surface area contributed by atoms with Crippen LogP contribution in [0.3, 0.4) is 0 Å². The zero-order valence-corrected chi connectivity index (χ0v) is 10.1. The summed E-state index contributed by atoms with van der Waals surface area (Å²) in [6.45, 7) is 0.202. The van der Waals surface area contributed by atoms with E-state index < -0.39 is 0 Å². The highest BCUT2D eigenvalue weighted by Gasteiger charge is 2.14. The largest absolute Gasteiger partial charge is 0.396 e. The van der Waals surface area contributed by atoms with Gasteiger partial charge in [-0.25, -0.2) is 0 Å². The van der Waals surface area contributed by atoms with Crippen LogP contribution in [0, 0.1) is 0 Å². The molecule has 2 nitrogen and oxygen atoms in total. The average molecular weight is 243 g/mol. The van der Waals surface area contributed by atoms with Crippen LogP contribution in [-0.2, 0) is 6.42 Å². The maximum atomic E-state index is 8.96. The van der Waals surface area contributed by atoms with E-state index in [4.69, 9.17) is 5.11 Å². The van der Waals surface area contributed by atoms with Crippen LogP contribution in [0.25, 0.3) is 0 Å². The van der Waals surface area contributed by atoms with Gasteiger partial charge in [-0.05, 0) is 36.2 Å². The molecule has 86 valence electrons. The summed E-state index contributed by atoms with van der Waals surface area (Å²) in [4.78, 5) is 2.48. The summed E-state index contributed by atoms with van der Waals surface area (Å²) in [5.41, 5.74) is 3.50. The predicted molar refractivity (Wildman–Crippen MR) is 71.1 cm³/mol. The van der Waals surface area contributed by atoms with Crippen LogP contribution in [0.1, 0.15) is 5.56 Å². The first-order valence-corrected chi connectivity index (χ1v) is 6.46.